The average Bonchev–Trinajstić information content (AvgIpc) is 2.71. The zero-order chi connectivity index (χ0) is 14.0. The first-order valence-corrected chi connectivity index (χ1v) is 6.90. The molecule has 0 unspecified atom stereocenters. The monoisotopic (exact) mass is 296 g/mol. The fraction of sp³-hybridized carbons (Fsp3) is 0.385. The second kappa shape index (κ2) is 5.75. The topological polar surface area (TPSA) is 36.9 Å². The van der Waals surface area contributed by atoms with E-state index in [1.165, 1.54) is 0 Å². The van der Waals surface area contributed by atoms with Gasteiger partial charge >= 0.3 is 0 Å². The maximum absolute atomic E-state index is 6.00. The van der Waals surface area contributed by atoms with Gasteiger partial charge in [0.1, 0.15) is 0 Å². The summed E-state index contributed by atoms with van der Waals surface area (Å²) in [6.07, 6.45) is 0. The van der Waals surface area contributed by atoms with Crippen molar-refractivity contribution < 1.29 is 0 Å². The highest BCUT2D eigenvalue weighted by molar-refractivity contribution is 7.71. The van der Waals surface area contributed by atoms with Crippen LogP contribution in [0, 0.1) is 4.77 Å². The average molecular weight is 297 g/mol. The van der Waals surface area contributed by atoms with Gasteiger partial charge < -0.3 is 4.90 Å². The lowest BCUT2D eigenvalue weighted by atomic mass is 10.2. The second-order valence-corrected chi connectivity index (χ2v) is 5.60. The van der Waals surface area contributed by atoms with Crippen molar-refractivity contribution >= 4 is 29.8 Å². The molecule has 2 aromatic rings. The van der Waals surface area contributed by atoms with E-state index in [0.29, 0.717) is 4.77 Å². The molecule has 0 aliphatic heterocycles. The smallest absolute Gasteiger partial charge is 0.226 e. The molecule has 6 heteroatoms. The van der Waals surface area contributed by atoms with Gasteiger partial charge in [0.2, 0.25) is 5.95 Å². The summed E-state index contributed by atoms with van der Waals surface area (Å²) in [6, 6.07) is 8.09. The normalized spacial score (nSPS) is 11.0. The van der Waals surface area contributed by atoms with E-state index in [1.54, 1.807) is 0 Å². The van der Waals surface area contributed by atoms with Gasteiger partial charge in [0.25, 0.3) is 0 Å². The van der Waals surface area contributed by atoms with E-state index in [9.17, 15) is 0 Å². The third-order valence-corrected chi connectivity index (χ3v) is 3.38. The molecular weight excluding hydrogens is 280 g/mol. The van der Waals surface area contributed by atoms with E-state index in [0.717, 1.165) is 23.1 Å². The zero-order valence-electron chi connectivity index (χ0n) is 11.2. The molecule has 1 aromatic carbocycles. The Labute approximate surface area is 123 Å². The molecule has 102 valence electrons. The van der Waals surface area contributed by atoms with E-state index in [1.807, 2.05) is 35.9 Å². The molecule has 0 bridgehead atoms. The molecule has 0 aliphatic carbocycles. The van der Waals surface area contributed by atoms with Crippen LogP contribution in [0.25, 0.3) is 0 Å². The molecule has 0 radical (unpaired) electrons. The van der Waals surface area contributed by atoms with Crippen LogP contribution in [0.1, 0.15) is 25.5 Å². The van der Waals surface area contributed by atoms with Crippen LogP contribution < -0.4 is 4.90 Å². The Morgan fingerprint density at radius 3 is 2.84 bits per heavy atom. The molecule has 19 heavy (non-hydrogen) atoms. The largest absolute Gasteiger partial charge is 0.340 e. The van der Waals surface area contributed by atoms with Gasteiger partial charge in [-0.2, -0.15) is 0 Å². The van der Waals surface area contributed by atoms with Crippen LogP contribution in [0.5, 0.6) is 0 Å². The zero-order valence-corrected chi connectivity index (χ0v) is 12.8. The molecule has 2 rings (SSSR count). The van der Waals surface area contributed by atoms with Gasteiger partial charge in [0.05, 0.1) is 0 Å². The maximum atomic E-state index is 6.00. The quantitative estimate of drug-likeness (QED) is 0.872. The molecule has 1 N–H and O–H groups in total. The Morgan fingerprint density at radius 2 is 2.21 bits per heavy atom. The number of aromatic amines is 1. The van der Waals surface area contributed by atoms with E-state index < -0.39 is 0 Å². The molecule has 0 aliphatic rings. The summed E-state index contributed by atoms with van der Waals surface area (Å²) in [5.74, 6) is 0.833. The SMILES string of the molecule is CC(C)n1c(N(C)Cc2cccc(Cl)c2)n[nH]c1=S. The molecule has 0 saturated heterocycles. The van der Waals surface area contributed by atoms with E-state index in [-0.39, 0.29) is 6.04 Å². The van der Waals surface area contributed by atoms with Gasteiger partial charge in [0, 0.05) is 24.7 Å². The number of aromatic nitrogens is 3. The van der Waals surface area contributed by atoms with Gasteiger partial charge in [-0.05, 0) is 43.8 Å². The van der Waals surface area contributed by atoms with Crippen molar-refractivity contribution in [3.63, 3.8) is 0 Å². The predicted molar refractivity (Wildman–Crippen MR) is 81.4 cm³/mol. The predicted octanol–water partition coefficient (Wildman–Crippen LogP) is 3.81. The van der Waals surface area contributed by atoms with Crippen molar-refractivity contribution in [2.45, 2.75) is 26.4 Å². The van der Waals surface area contributed by atoms with Crippen LogP contribution in [-0.4, -0.2) is 21.8 Å². The van der Waals surface area contributed by atoms with E-state index in [4.69, 9.17) is 23.8 Å². The first kappa shape index (κ1) is 14.1. The minimum Gasteiger partial charge on any atom is -0.340 e. The minimum atomic E-state index is 0.267. The Bertz CT molecular complexity index is 617. The number of anilines is 1. The summed E-state index contributed by atoms with van der Waals surface area (Å²) in [7, 11) is 1.99. The Morgan fingerprint density at radius 1 is 1.47 bits per heavy atom. The number of benzene rings is 1. The Kier molecular flexibility index (Phi) is 4.27. The molecule has 1 aromatic heterocycles. The lowest BCUT2D eigenvalue weighted by Gasteiger charge is -2.20. The third-order valence-electron chi connectivity index (χ3n) is 2.85. The first-order chi connectivity index (χ1) is 8.99. The number of hydrogen-bond acceptors (Lipinski definition) is 3. The van der Waals surface area contributed by atoms with Crippen LogP contribution in [0.4, 0.5) is 5.95 Å². The lowest BCUT2D eigenvalue weighted by Crippen LogP contribution is -2.21. The summed E-state index contributed by atoms with van der Waals surface area (Å²) in [5, 5.41) is 7.88. The number of halogens is 1. The number of rotatable bonds is 4. The number of H-pyrrole nitrogens is 1. The Balaban J connectivity index is 2.25. The van der Waals surface area contributed by atoms with Crippen LogP contribution in [-0.2, 0) is 6.54 Å². The van der Waals surface area contributed by atoms with Gasteiger partial charge in [-0.15, -0.1) is 5.10 Å². The van der Waals surface area contributed by atoms with Crippen LogP contribution in [0.15, 0.2) is 24.3 Å². The van der Waals surface area contributed by atoms with Crippen molar-refractivity contribution in [3.8, 4) is 0 Å². The molecular formula is C13H17ClN4S. The summed E-state index contributed by atoms with van der Waals surface area (Å²) >= 11 is 11.2. The van der Waals surface area contributed by atoms with Crippen molar-refractivity contribution in [2.24, 2.45) is 0 Å². The highest BCUT2D eigenvalue weighted by atomic mass is 35.5. The van der Waals surface area contributed by atoms with Crippen LogP contribution >= 0.6 is 23.8 Å². The van der Waals surface area contributed by atoms with Gasteiger partial charge in [-0.1, -0.05) is 23.7 Å². The number of nitrogens with zero attached hydrogens (tertiary/aromatic N) is 3. The maximum Gasteiger partial charge on any atom is 0.226 e. The molecule has 0 atom stereocenters. The molecule has 0 saturated carbocycles. The molecule has 4 nitrogen and oxygen atoms in total. The van der Waals surface area contributed by atoms with E-state index >= 15 is 0 Å². The first-order valence-electron chi connectivity index (χ1n) is 6.11. The fourth-order valence-corrected chi connectivity index (χ4v) is 2.56. The summed E-state index contributed by atoms with van der Waals surface area (Å²) < 4.78 is 2.64. The molecule has 0 amide bonds. The van der Waals surface area contributed by atoms with Crippen LogP contribution in [0.3, 0.4) is 0 Å². The standard InChI is InChI=1S/C13H17ClN4S/c1-9(2)18-12(15-16-13(18)19)17(3)8-10-5-4-6-11(14)7-10/h4-7,9H,8H2,1-3H3,(H,16,19). The fourth-order valence-electron chi connectivity index (χ4n) is 2.01. The van der Waals surface area contributed by atoms with Crippen LogP contribution in [0.2, 0.25) is 5.02 Å². The molecule has 1 heterocycles. The molecule has 0 fully saturated rings. The summed E-state index contributed by atoms with van der Waals surface area (Å²) in [4.78, 5) is 2.05. The lowest BCUT2D eigenvalue weighted by molar-refractivity contribution is 0.583. The second-order valence-electron chi connectivity index (χ2n) is 4.78. The molecule has 0 spiro atoms. The highest BCUT2D eigenvalue weighted by Crippen LogP contribution is 2.19. The van der Waals surface area contributed by atoms with E-state index in [2.05, 4.69) is 28.9 Å². The minimum absolute atomic E-state index is 0.267. The van der Waals surface area contributed by atoms with Crippen molar-refractivity contribution in [1.29, 1.82) is 0 Å². The Hall–Kier alpha value is -1.33. The third kappa shape index (κ3) is 3.16. The van der Waals surface area contributed by atoms with Gasteiger partial charge in [0.15, 0.2) is 4.77 Å². The summed E-state index contributed by atoms with van der Waals surface area (Å²) in [6.45, 7) is 4.90. The number of hydrogen-bond donors (Lipinski definition) is 1. The summed E-state index contributed by atoms with van der Waals surface area (Å²) in [5.41, 5.74) is 1.14. The van der Waals surface area contributed by atoms with Crippen molar-refractivity contribution in [1.82, 2.24) is 14.8 Å². The van der Waals surface area contributed by atoms with Crippen molar-refractivity contribution in [2.75, 3.05) is 11.9 Å². The van der Waals surface area contributed by atoms with Crippen molar-refractivity contribution in [3.05, 3.63) is 39.6 Å². The van der Waals surface area contributed by atoms with Gasteiger partial charge in [-0.3, -0.25) is 4.57 Å². The highest BCUT2D eigenvalue weighted by Gasteiger charge is 2.13. The number of nitrogens with one attached hydrogen (secondary N) is 1. The van der Waals surface area contributed by atoms with Gasteiger partial charge in [-0.25, -0.2) is 5.10 Å².